The van der Waals surface area contributed by atoms with E-state index >= 15 is 0 Å². The summed E-state index contributed by atoms with van der Waals surface area (Å²) in [6.07, 6.45) is 18.0. The van der Waals surface area contributed by atoms with Gasteiger partial charge in [0, 0.05) is 6.92 Å². The van der Waals surface area contributed by atoms with Crippen LogP contribution in [-0.2, 0) is 10.2 Å². The fourth-order valence-electron chi connectivity index (χ4n) is 11.3. The third-order valence-corrected chi connectivity index (χ3v) is 11.3. The fraction of sp³-hybridized carbons (Fsp3) is 0.759. The lowest BCUT2D eigenvalue weighted by molar-refractivity contribution is -0.205. The molecule has 32 heavy (non-hydrogen) atoms. The molecule has 8 saturated carbocycles. The topological polar surface area (TPSA) is 38.3 Å². The van der Waals surface area contributed by atoms with Gasteiger partial charge in [0.05, 0.1) is 12.8 Å². The molecule has 1 amide bonds. The molecule has 0 radical (unpaired) electrons. The van der Waals surface area contributed by atoms with Crippen LogP contribution in [0.25, 0.3) is 0 Å². The van der Waals surface area contributed by atoms with Gasteiger partial charge in [0.15, 0.2) is 0 Å². The number of nitrogens with one attached hydrogen (secondary N) is 1. The van der Waals surface area contributed by atoms with Crippen LogP contribution >= 0.6 is 0 Å². The maximum atomic E-state index is 11.7. The third kappa shape index (κ3) is 2.69. The van der Waals surface area contributed by atoms with Gasteiger partial charge >= 0.3 is 0 Å². The molecule has 0 spiro atoms. The molecule has 0 aliphatic heterocycles. The Labute approximate surface area is 193 Å². The predicted molar refractivity (Wildman–Crippen MR) is 127 cm³/mol. The number of methoxy groups -OCH3 is 1. The van der Waals surface area contributed by atoms with Crippen molar-refractivity contribution in [3.63, 3.8) is 0 Å². The van der Waals surface area contributed by atoms with Crippen molar-refractivity contribution < 1.29 is 9.53 Å². The van der Waals surface area contributed by atoms with Crippen molar-refractivity contribution in [3.05, 3.63) is 23.8 Å². The van der Waals surface area contributed by atoms with Crippen LogP contribution in [0.4, 0.5) is 5.69 Å². The average Bonchev–Trinajstić information content (AvgIpc) is 2.71. The smallest absolute Gasteiger partial charge is 0.221 e. The van der Waals surface area contributed by atoms with Gasteiger partial charge in [0.1, 0.15) is 5.75 Å². The average molecular weight is 434 g/mol. The summed E-state index contributed by atoms with van der Waals surface area (Å²) in [6, 6.07) is 6.71. The van der Waals surface area contributed by atoms with E-state index in [0.29, 0.717) is 16.2 Å². The van der Waals surface area contributed by atoms with Gasteiger partial charge in [0.25, 0.3) is 0 Å². The lowest BCUT2D eigenvalue weighted by Gasteiger charge is -2.72. The molecule has 1 aromatic rings. The van der Waals surface area contributed by atoms with Crippen LogP contribution in [-0.4, -0.2) is 13.0 Å². The highest BCUT2D eigenvalue weighted by Gasteiger charge is 2.67. The summed E-state index contributed by atoms with van der Waals surface area (Å²) >= 11 is 0. The Hall–Kier alpha value is -1.51. The van der Waals surface area contributed by atoms with Crippen molar-refractivity contribution in [2.45, 2.75) is 89.4 Å². The zero-order valence-corrected chi connectivity index (χ0v) is 19.9. The van der Waals surface area contributed by atoms with Crippen LogP contribution in [0.3, 0.4) is 0 Å². The maximum absolute atomic E-state index is 11.7. The summed E-state index contributed by atoms with van der Waals surface area (Å²) in [4.78, 5) is 11.7. The van der Waals surface area contributed by atoms with Gasteiger partial charge in [0.2, 0.25) is 5.91 Å². The second-order valence-electron chi connectivity index (χ2n) is 13.3. The van der Waals surface area contributed by atoms with Gasteiger partial charge in [-0.15, -0.1) is 0 Å². The van der Waals surface area contributed by atoms with E-state index in [1.165, 1.54) is 44.1 Å². The van der Waals surface area contributed by atoms with E-state index in [9.17, 15) is 4.79 Å². The predicted octanol–water partition coefficient (Wildman–Crippen LogP) is 6.71. The summed E-state index contributed by atoms with van der Waals surface area (Å²) in [5.74, 6) is 5.77. The Morgan fingerprint density at radius 3 is 1.97 bits per heavy atom. The van der Waals surface area contributed by atoms with Gasteiger partial charge in [-0.3, -0.25) is 4.79 Å². The lowest BCUT2D eigenvalue weighted by atomic mass is 9.32. The van der Waals surface area contributed by atoms with Crippen molar-refractivity contribution >= 4 is 11.6 Å². The van der Waals surface area contributed by atoms with Crippen molar-refractivity contribution in [3.8, 4) is 5.75 Å². The van der Waals surface area contributed by atoms with Crippen LogP contribution in [0.2, 0.25) is 0 Å². The fourth-order valence-corrected chi connectivity index (χ4v) is 11.3. The van der Waals surface area contributed by atoms with Crippen LogP contribution in [0, 0.1) is 40.4 Å². The second kappa shape index (κ2) is 6.54. The highest BCUT2D eigenvalue weighted by Crippen LogP contribution is 2.77. The number of hydrogen-bond acceptors (Lipinski definition) is 2. The molecule has 2 unspecified atom stereocenters. The SMILES string of the molecule is COc1cc(C23CC4CC(C2)CC(C25CC6CC(CC(C6)C2)C5)(C4)C3)ccc1NC(C)=O. The molecule has 8 bridgehead atoms. The van der Waals surface area contributed by atoms with Gasteiger partial charge in [-0.1, -0.05) is 6.07 Å². The first-order valence-corrected chi connectivity index (χ1v) is 13.4. The standard InChI is InChI=1S/C29H39NO2/c1-18(31)30-25-4-3-24(9-26(25)32-2)27-10-22-8-23(11-27)16-29(15-22,17-27)28-12-19-5-20(13-28)7-21(6-19)14-28/h3-4,9,19-23H,5-8,10-17H2,1-2H3,(H,30,31). The van der Waals surface area contributed by atoms with E-state index in [1.807, 2.05) is 0 Å². The second-order valence-corrected chi connectivity index (χ2v) is 13.3. The van der Waals surface area contributed by atoms with E-state index in [0.717, 1.165) is 41.0 Å². The van der Waals surface area contributed by atoms with Crippen molar-refractivity contribution in [1.82, 2.24) is 0 Å². The maximum Gasteiger partial charge on any atom is 0.221 e. The molecule has 0 aromatic heterocycles. The molecular formula is C29H39NO2. The minimum absolute atomic E-state index is 0.0355. The number of carbonyl (C=O) groups excluding carboxylic acids is 1. The summed E-state index contributed by atoms with van der Waals surface area (Å²) in [5.41, 5.74) is 3.88. The van der Waals surface area contributed by atoms with Crippen LogP contribution in [0.15, 0.2) is 18.2 Å². The van der Waals surface area contributed by atoms with Gasteiger partial charge in [-0.2, -0.15) is 0 Å². The minimum Gasteiger partial charge on any atom is -0.495 e. The Morgan fingerprint density at radius 1 is 0.844 bits per heavy atom. The van der Waals surface area contributed by atoms with E-state index in [1.54, 1.807) is 52.6 Å². The van der Waals surface area contributed by atoms with Crippen molar-refractivity contribution in [2.24, 2.45) is 40.4 Å². The van der Waals surface area contributed by atoms with Crippen molar-refractivity contribution in [1.29, 1.82) is 0 Å². The molecule has 2 atom stereocenters. The number of benzene rings is 1. The summed E-state index contributed by atoms with van der Waals surface area (Å²) in [7, 11) is 1.74. The Balaban J connectivity index is 1.28. The van der Waals surface area contributed by atoms with Crippen LogP contribution in [0.1, 0.15) is 89.5 Å². The highest BCUT2D eigenvalue weighted by atomic mass is 16.5. The molecule has 1 N–H and O–H groups in total. The first-order valence-electron chi connectivity index (χ1n) is 13.4. The molecule has 3 nitrogen and oxygen atoms in total. The molecule has 8 aliphatic carbocycles. The van der Waals surface area contributed by atoms with Crippen molar-refractivity contribution in [2.75, 3.05) is 12.4 Å². The number of rotatable bonds is 4. The Bertz CT molecular complexity index is 915. The van der Waals surface area contributed by atoms with E-state index in [2.05, 4.69) is 23.5 Å². The molecule has 9 rings (SSSR count). The van der Waals surface area contributed by atoms with Crippen LogP contribution < -0.4 is 10.1 Å². The normalized spacial score (nSPS) is 47.6. The first-order chi connectivity index (χ1) is 15.4. The molecule has 8 aliphatic rings. The number of carbonyl (C=O) groups is 1. The molecule has 8 fully saturated rings. The zero-order valence-electron chi connectivity index (χ0n) is 19.9. The van der Waals surface area contributed by atoms with E-state index in [4.69, 9.17) is 4.74 Å². The van der Waals surface area contributed by atoms with E-state index < -0.39 is 0 Å². The molecule has 0 heterocycles. The Morgan fingerprint density at radius 2 is 1.41 bits per heavy atom. The molecule has 1 aromatic carbocycles. The quantitative estimate of drug-likeness (QED) is 0.573. The number of amides is 1. The van der Waals surface area contributed by atoms with Gasteiger partial charge in [-0.05, 0) is 141 Å². The Kier molecular flexibility index (Phi) is 4.07. The number of anilines is 1. The summed E-state index contributed by atoms with van der Waals surface area (Å²) in [5, 5.41) is 2.96. The summed E-state index contributed by atoms with van der Waals surface area (Å²) in [6.45, 7) is 1.57. The van der Waals surface area contributed by atoms with Gasteiger partial charge < -0.3 is 10.1 Å². The first kappa shape index (κ1) is 19.9. The third-order valence-electron chi connectivity index (χ3n) is 11.3. The molecular weight excluding hydrogens is 394 g/mol. The van der Waals surface area contributed by atoms with Gasteiger partial charge in [-0.25, -0.2) is 0 Å². The molecule has 0 saturated heterocycles. The molecule has 172 valence electrons. The summed E-state index contributed by atoms with van der Waals surface area (Å²) < 4.78 is 5.76. The number of ether oxygens (including phenoxy) is 1. The number of hydrogen-bond donors (Lipinski definition) is 1. The van der Waals surface area contributed by atoms with Crippen LogP contribution in [0.5, 0.6) is 5.75 Å². The monoisotopic (exact) mass is 433 g/mol. The largest absolute Gasteiger partial charge is 0.495 e. The minimum atomic E-state index is -0.0355. The molecule has 3 heteroatoms. The zero-order chi connectivity index (χ0) is 21.7. The van der Waals surface area contributed by atoms with E-state index in [-0.39, 0.29) is 5.91 Å². The highest BCUT2D eigenvalue weighted by molar-refractivity contribution is 5.90. The lowest BCUT2D eigenvalue weighted by Crippen LogP contribution is -2.63.